The molecule has 2 rings (SSSR count). The molecule has 0 saturated heterocycles. The first kappa shape index (κ1) is 11.5. The fourth-order valence-electron chi connectivity index (χ4n) is 2.07. The lowest BCUT2D eigenvalue weighted by Crippen LogP contribution is -2.30. The molecule has 1 saturated carbocycles. The Balaban J connectivity index is 2.02. The average Bonchev–Trinajstić information content (AvgIpc) is 2.90. The van der Waals surface area contributed by atoms with Gasteiger partial charge in [0.05, 0.1) is 5.69 Å². The van der Waals surface area contributed by atoms with Crippen molar-refractivity contribution in [1.29, 1.82) is 0 Å². The molecular weight excluding hydrogens is 200 g/mol. The van der Waals surface area contributed by atoms with Crippen molar-refractivity contribution in [3.63, 3.8) is 0 Å². The number of hydrogen-bond donors (Lipinski definition) is 1. The van der Waals surface area contributed by atoms with E-state index in [1.807, 2.05) is 0 Å². The van der Waals surface area contributed by atoms with Gasteiger partial charge in [-0.25, -0.2) is 4.98 Å². The molecule has 1 aromatic rings. The Morgan fingerprint density at radius 1 is 1.56 bits per heavy atom. The van der Waals surface area contributed by atoms with E-state index in [-0.39, 0.29) is 0 Å². The molecule has 4 heteroatoms. The molecule has 0 amide bonds. The van der Waals surface area contributed by atoms with Gasteiger partial charge in [0.25, 0.3) is 0 Å². The van der Waals surface area contributed by atoms with Crippen LogP contribution in [-0.4, -0.2) is 41.1 Å². The molecule has 0 bridgehead atoms. The van der Waals surface area contributed by atoms with Crippen molar-refractivity contribution in [2.24, 2.45) is 0 Å². The lowest BCUT2D eigenvalue weighted by molar-refractivity contribution is 0.391. The number of likely N-dealkylation sites (N-methyl/N-ethyl adjacent to an activating group) is 1. The zero-order valence-electron chi connectivity index (χ0n) is 10.7. The van der Waals surface area contributed by atoms with E-state index < -0.39 is 0 Å². The fourth-order valence-corrected chi connectivity index (χ4v) is 2.07. The van der Waals surface area contributed by atoms with Crippen LogP contribution in [0, 0.1) is 6.92 Å². The maximum absolute atomic E-state index is 4.55. The van der Waals surface area contributed by atoms with Crippen LogP contribution < -0.4 is 5.32 Å². The lowest BCUT2D eigenvalue weighted by atomic mass is 10.3. The van der Waals surface area contributed by atoms with Gasteiger partial charge >= 0.3 is 0 Å². The van der Waals surface area contributed by atoms with Crippen molar-refractivity contribution >= 4 is 5.95 Å². The van der Waals surface area contributed by atoms with Gasteiger partial charge in [0, 0.05) is 24.8 Å². The van der Waals surface area contributed by atoms with Crippen LogP contribution in [0.2, 0.25) is 0 Å². The molecule has 1 aliphatic rings. The third-order valence-electron chi connectivity index (χ3n) is 2.81. The first-order valence-electron chi connectivity index (χ1n) is 6.03. The summed E-state index contributed by atoms with van der Waals surface area (Å²) < 4.78 is 2.29. The van der Waals surface area contributed by atoms with Crippen molar-refractivity contribution in [2.75, 3.05) is 26.0 Å². The molecule has 0 aromatic carbocycles. The van der Waals surface area contributed by atoms with Gasteiger partial charge in [-0.2, -0.15) is 0 Å². The summed E-state index contributed by atoms with van der Waals surface area (Å²) in [5.74, 6) is 1.04. The molecule has 1 unspecified atom stereocenters. The van der Waals surface area contributed by atoms with Gasteiger partial charge in [-0.3, -0.25) is 0 Å². The SMILES string of the molecule is Cc1cn(C2CC2)c(NC(C)CN(C)C)n1. The van der Waals surface area contributed by atoms with Crippen molar-refractivity contribution < 1.29 is 0 Å². The number of rotatable bonds is 5. The number of nitrogens with one attached hydrogen (secondary N) is 1. The zero-order chi connectivity index (χ0) is 11.7. The minimum Gasteiger partial charge on any atom is -0.352 e. The number of imidazole rings is 1. The highest BCUT2D eigenvalue weighted by Gasteiger charge is 2.26. The Morgan fingerprint density at radius 2 is 2.25 bits per heavy atom. The highest BCUT2D eigenvalue weighted by molar-refractivity contribution is 5.31. The molecule has 1 aliphatic carbocycles. The number of aromatic nitrogens is 2. The van der Waals surface area contributed by atoms with E-state index >= 15 is 0 Å². The molecule has 1 atom stereocenters. The molecule has 1 fully saturated rings. The van der Waals surface area contributed by atoms with E-state index in [1.54, 1.807) is 0 Å². The monoisotopic (exact) mass is 222 g/mol. The summed E-state index contributed by atoms with van der Waals surface area (Å²) in [4.78, 5) is 6.74. The van der Waals surface area contributed by atoms with Crippen molar-refractivity contribution in [3.8, 4) is 0 Å². The van der Waals surface area contributed by atoms with E-state index in [4.69, 9.17) is 0 Å². The summed E-state index contributed by atoms with van der Waals surface area (Å²) in [5.41, 5.74) is 1.10. The predicted molar refractivity (Wildman–Crippen MR) is 66.9 cm³/mol. The summed E-state index contributed by atoms with van der Waals surface area (Å²) >= 11 is 0. The van der Waals surface area contributed by atoms with E-state index in [1.165, 1.54) is 12.8 Å². The molecule has 1 N–H and O–H groups in total. The average molecular weight is 222 g/mol. The van der Waals surface area contributed by atoms with Crippen molar-refractivity contribution in [1.82, 2.24) is 14.5 Å². The van der Waals surface area contributed by atoms with Crippen LogP contribution in [0.1, 0.15) is 31.5 Å². The molecule has 0 radical (unpaired) electrons. The Bertz CT molecular complexity index is 352. The largest absolute Gasteiger partial charge is 0.352 e. The first-order chi connectivity index (χ1) is 7.56. The van der Waals surface area contributed by atoms with E-state index in [9.17, 15) is 0 Å². The summed E-state index contributed by atoms with van der Waals surface area (Å²) in [6.07, 6.45) is 4.75. The summed E-state index contributed by atoms with van der Waals surface area (Å²) in [5, 5.41) is 3.49. The van der Waals surface area contributed by atoms with Gasteiger partial charge in [0.15, 0.2) is 0 Å². The lowest BCUT2D eigenvalue weighted by Gasteiger charge is -2.19. The number of aryl methyl sites for hydroxylation is 1. The van der Waals surface area contributed by atoms with Crippen LogP contribution >= 0.6 is 0 Å². The quantitative estimate of drug-likeness (QED) is 0.826. The molecule has 1 aromatic heterocycles. The maximum atomic E-state index is 4.55. The van der Waals surface area contributed by atoms with Crippen LogP contribution in [0.25, 0.3) is 0 Å². The van der Waals surface area contributed by atoms with E-state index in [2.05, 4.69) is 53.9 Å². The Labute approximate surface area is 97.7 Å². The second-order valence-electron chi connectivity index (χ2n) is 5.15. The smallest absolute Gasteiger partial charge is 0.203 e. The van der Waals surface area contributed by atoms with Gasteiger partial charge in [0.2, 0.25) is 5.95 Å². The highest BCUT2D eigenvalue weighted by Crippen LogP contribution is 2.37. The van der Waals surface area contributed by atoms with E-state index in [0.717, 1.165) is 18.2 Å². The van der Waals surface area contributed by atoms with Crippen LogP contribution in [-0.2, 0) is 0 Å². The summed E-state index contributed by atoms with van der Waals surface area (Å²) in [6.45, 7) is 5.28. The van der Waals surface area contributed by atoms with Crippen molar-refractivity contribution in [2.45, 2.75) is 38.8 Å². The molecule has 4 nitrogen and oxygen atoms in total. The first-order valence-corrected chi connectivity index (χ1v) is 6.03. The normalized spacial score (nSPS) is 17.8. The summed E-state index contributed by atoms with van der Waals surface area (Å²) in [7, 11) is 4.19. The maximum Gasteiger partial charge on any atom is 0.203 e. The molecule has 1 heterocycles. The standard InChI is InChI=1S/C12H22N4/c1-9(7-15(3)4)13-12-14-10(2)8-16(12)11-5-6-11/h8-9,11H,5-7H2,1-4H3,(H,13,14). The van der Waals surface area contributed by atoms with Gasteiger partial charge in [-0.1, -0.05) is 0 Å². The Hall–Kier alpha value is -1.03. The van der Waals surface area contributed by atoms with Gasteiger partial charge in [-0.05, 0) is 40.8 Å². The van der Waals surface area contributed by atoms with Gasteiger partial charge in [-0.15, -0.1) is 0 Å². The van der Waals surface area contributed by atoms with Gasteiger partial charge in [0.1, 0.15) is 0 Å². The minimum absolute atomic E-state index is 0.425. The third kappa shape index (κ3) is 2.76. The third-order valence-corrected chi connectivity index (χ3v) is 2.81. The molecule has 0 aliphatic heterocycles. The molecule has 90 valence electrons. The molecule has 16 heavy (non-hydrogen) atoms. The Kier molecular flexibility index (Phi) is 3.19. The number of nitrogens with zero attached hydrogens (tertiary/aromatic N) is 3. The number of hydrogen-bond acceptors (Lipinski definition) is 3. The van der Waals surface area contributed by atoms with Crippen LogP contribution in [0.4, 0.5) is 5.95 Å². The van der Waals surface area contributed by atoms with Crippen molar-refractivity contribution in [3.05, 3.63) is 11.9 Å². The molecular formula is C12H22N4. The zero-order valence-corrected chi connectivity index (χ0v) is 10.7. The van der Waals surface area contributed by atoms with Crippen LogP contribution in [0.3, 0.4) is 0 Å². The number of anilines is 1. The summed E-state index contributed by atoms with van der Waals surface area (Å²) in [6, 6.07) is 1.12. The highest BCUT2D eigenvalue weighted by atomic mass is 15.2. The minimum atomic E-state index is 0.425. The van der Waals surface area contributed by atoms with Crippen LogP contribution in [0.5, 0.6) is 0 Å². The Morgan fingerprint density at radius 3 is 2.81 bits per heavy atom. The van der Waals surface area contributed by atoms with Crippen LogP contribution in [0.15, 0.2) is 6.20 Å². The second kappa shape index (κ2) is 4.45. The second-order valence-corrected chi connectivity index (χ2v) is 5.15. The fraction of sp³-hybridized carbons (Fsp3) is 0.750. The topological polar surface area (TPSA) is 33.1 Å². The predicted octanol–water partition coefficient (Wildman–Crippen LogP) is 1.89. The van der Waals surface area contributed by atoms with Gasteiger partial charge < -0.3 is 14.8 Å². The van der Waals surface area contributed by atoms with E-state index in [0.29, 0.717) is 12.1 Å². The molecule has 0 spiro atoms.